The number of benzene rings is 1. The maximum absolute atomic E-state index is 6.50. The zero-order valence-electron chi connectivity index (χ0n) is 13.9. The number of hydrogen-bond donors (Lipinski definition) is 1. The summed E-state index contributed by atoms with van der Waals surface area (Å²) in [6.07, 6.45) is 7.10. The maximum atomic E-state index is 6.50. The van der Waals surface area contributed by atoms with Crippen LogP contribution >= 0.6 is 0 Å². The van der Waals surface area contributed by atoms with Gasteiger partial charge in [0.1, 0.15) is 0 Å². The molecule has 118 valence electrons. The summed E-state index contributed by atoms with van der Waals surface area (Å²) in [6.45, 7) is 8.52. The normalized spacial score (nSPS) is 24.0. The van der Waals surface area contributed by atoms with Gasteiger partial charge < -0.3 is 10.1 Å². The molecule has 21 heavy (non-hydrogen) atoms. The van der Waals surface area contributed by atoms with Crippen molar-refractivity contribution in [2.24, 2.45) is 5.92 Å². The van der Waals surface area contributed by atoms with Gasteiger partial charge in [-0.05, 0) is 37.8 Å². The van der Waals surface area contributed by atoms with Crippen molar-refractivity contribution >= 4 is 0 Å². The van der Waals surface area contributed by atoms with Gasteiger partial charge in [0.2, 0.25) is 0 Å². The van der Waals surface area contributed by atoms with Crippen LogP contribution in [0.25, 0.3) is 0 Å². The summed E-state index contributed by atoms with van der Waals surface area (Å²) in [5.41, 5.74) is 2.63. The summed E-state index contributed by atoms with van der Waals surface area (Å²) >= 11 is 0. The van der Waals surface area contributed by atoms with E-state index in [1.165, 1.54) is 43.2 Å². The molecule has 2 rings (SSSR count). The predicted octanol–water partition coefficient (Wildman–Crippen LogP) is 4.63. The molecular weight excluding hydrogens is 258 g/mol. The largest absolute Gasteiger partial charge is 0.369 e. The van der Waals surface area contributed by atoms with E-state index >= 15 is 0 Å². The van der Waals surface area contributed by atoms with E-state index in [0.717, 1.165) is 19.0 Å². The van der Waals surface area contributed by atoms with E-state index in [0.29, 0.717) is 6.10 Å². The van der Waals surface area contributed by atoms with E-state index in [2.05, 4.69) is 50.4 Å². The lowest BCUT2D eigenvalue weighted by Crippen LogP contribution is -2.29. The fraction of sp³-hybridized carbons (Fsp3) is 0.684. The fourth-order valence-electron chi connectivity index (χ4n) is 3.36. The Morgan fingerprint density at radius 2 is 2.14 bits per heavy atom. The zero-order valence-corrected chi connectivity index (χ0v) is 13.9. The standard InChI is InChI=1S/C19H31NO/c1-4-16-9-7-11-18(13-16)21-19(14-20-5-2)17-10-6-8-15(3)12-17/h6,8,10,12,16,18-20H,4-5,7,9,11,13-14H2,1-3H3. The molecule has 2 heteroatoms. The van der Waals surface area contributed by atoms with Crippen LogP contribution in [0.4, 0.5) is 0 Å². The third-order valence-corrected chi connectivity index (χ3v) is 4.66. The predicted molar refractivity (Wildman–Crippen MR) is 89.6 cm³/mol. The highest BCUT2D eigenvalue weighted by molar-refractivity contribution is 5.24. The Kier molecular flexibility index (Phi) is 6.72. The monoisotopic (exact) mass is 289 g/mol. The van der Waals surface area contributed by atoms with Crippen molar-refractivity contribution < 1.29 is 4.74 Å². The van der Waals surface area contributed by atoms with Gasteiger partial charge in [0.15, 0.2) is 0 Å². The summed E-state index contributed by atoms with van der Waals surface area (Å²) in [5.74, 6) is 0.862. The van der Waals surface area contributed by atoms with Gasteiger partial charge in [-0.1, -0.05) is 62.9 Å². The van der Waals surface area contributed by atoms with Crippen LogP contribution in [0.5, 0.6) is 0 Å². The molecule has 1 N–H and O–H groups in total. The molecule has 0 spiro atoms. The van der Waals surface area contributed by atoms with E-state index in [1.807, 2.05) is 0 Å². The maximum Gasteiger partial charge on any atom is 0.0953 e. The lowest BCUT2D eigenvalue weighted by atomic mass is 9.85. The summed E-state index contributed by atoms with van der Waals surface area (Å²) < 4.78 is 6.50. The van der Waals surface area contributed by atoms with Crippen molar-refractivity contribution in [1.82, 2.24) is 5.32 Å². The highest BCUT2D eigenvalue weighted by atomic mass is 16.5. The number of nitrogens with one attached hydrogen (secondary N) is 1. The van der Waals surface area contributed by atoms with Crippen LogP contribution in [-0.4, -0.2) is 19.2 Å². The van der Waals surface area contributed by atoms with Crippen molar-refractivity contribution in [3.63, 3.8) is 0 Å². The molecule has 1 fully saturated rings. The van der Waals surface area contributed by atoms with Gasteiger partial charge in [-0.2, -0.15) is 0 Å². The Labute approximate surface area is 130 Å². The molecule has 3 unspecified atom stereocenters. The molecule has 0 aliphatic heterocycles. The van der Waals surface area contributed by atoms with Crippen LogP contribution < -0.4 is 5.32 Å². The van der Waals surface area contributed by atoms with Crippen molar-refractivity contribution in [3.05, 3.63) is 35.4 Å². The molecule has 0 bridgehead atoms. The minimum Gasteiger partial charge on any atom is -0.369 e. The van der Waals surface area contributed by atoms with E-state index in [4.69, 9.17) is 4.74 Å². The van der Waals surface area contributed by atoms with E-state index < -0.39 is 0 Å². The third-order valence-electron chi connectivity index (χ3n) is 4.66. The van der Waals surface area contributed by atoms with Crippen molar-refractivity contribution in [1.29, 1.82) is 0 Å². The van der Waals surface area contributed by atoms with Crippen molar-refractivity contribution in [2.45, 2.75) is 65.1 Å². The Balaban J connectivity index is 2.02. The Hall–Kier alpha value is -0.860. The van der Waals surface area contributed by atoms with Crippen LogP contribution in [0.1, 0.15) is 63.2 Å². The third kappa shape index (κ3) is 5.12. The topological polar surface area (TPSA) is 21.3 Å². The van der Waals surface area contributed by atoms with Crippen LogP contribution in [0.15, 0.2) is 24.3 Å². The molecule has 1 saturated carbocycles. The summed E-state index contributed by atoms with van der Waals surface area (Å²) in [4.78, 5) is 0. The lowest BCUT2D eigenvalue weighted by Gasteiger charge is -2.32. The average molecular weight is 289 g/mol. The number of likely N-dealkylation sites (N-methyl/N-ethyl adjacent to an activating group) is 1. The summed E-state index contributed by atoms with van der Waals surface area (Å²) in [7, 11) is 0. The van der Waals surface area contributed by atoms with Crippen molar-refractivity contribution in [2.75, 3.05) is 13.1 Å². The molecule has 1 aromatic rings. The Morgan fingerprint density at radius 1 is 1.29 bits per heavy atom. The minimum absolute atomic E-state index is 0.186. The molecule has 0 aromatic heterocycles. The number of ether oxygens (including phenoxy) is 1. The fourth-order valence-corrected chi connectivity index (χ4v) is 3.36. The second-order valence-corrected chi connectivity index (χ2v) is 6.41. The number of aryl methyl sites for hydroxylation is 1. The zero-order chi connectivity index (χ0) is 15.1. The smallest absolute Gasteiger partial charge is 0.0953 e. The van der Waals surface area contributed by atoms with Gasteiger partial charge in [-0.3, -0.25) is 0 Å². The Bertz CT molecular complexity index is 418. The van der Waals surface area contributed by atoms with Crippen LogP contribution in [0, 0.1) is 12.8 Å². The van der Waals surface area contributed by atoms with Crippen LogP contribution in [0.2, 0.25) is 0 Å². The van der Waals surface area contributed by atoms with Gasteiger partial charge in [0, 0.05) is 6.54 Å². The van der Waals surface area contributed by atoms with Gasteiger partial charge in [0.05, 0.1) is 12.2 Å². The summed E-state index contributed by atoms with van der Waals surface area (Å²) in [6, 6.07) is 8.77. The lowest BCUT2D eigenvalue weighted by molar-refractivity contribution is -0.0413. The van der Waals surface area contributed by atoms with E-state index in [9.17, 15) is 0 Å². The molecule has 0 amide bonds. The molecule has 1 aliphatic carbocycles. The van der Waals surface area contributed by atoms with Gasteiger partial charge in [0.25, 0.3) is 0 Å². The highest BCUT2D eigenvalue weighted by Crippen LogP contribution is 2.31. The summed E-state index contributed by atoms with van der Waals surface area (Å²) in [5, 5.41) is 3.46. The minimum atomic E-state index is 0.186. The quantitative estimate of drug-likeness (QED) is 0.790. The first-order valence-corrected chi connectivity index (χ1v) is 8.65. The molecule has 2 nitrogen and oxygen atoms in total. The molecule has 0 heterocycles. The number of hydrogen-bond acceptors (Lipinski definition) is 2. The van der Waals surface area contributed by atoms with E-state index in [-0.39, 0.29) is 6.10 Å². The molecule has 1 aliphatic rings. The molecule has 0 radical (unpaired) electrons. The van der Waals surface area contributed by atoms with Crippen LogP contribution in [0.3, 0.4) is 0 Å². The van der Waals surface area contributed by atoms with E-state index in [1.54, 1.807) is 0 Å². The SMILES string of the molecule is CCNCC(OC1CCCC(CC)C1)c1cccc(C)c1. The molecule has 0 saturated heterocycles. The number of rotatable bonds is 7. The Morgan fingerprint density at radius 3 is 2.86 bits per heavy atom. The molecular formula is C19H31NO. The molecule has 1 aromatic carbocycles. The first kappa shape index (κ1) is 16.5. The highest BCUT2D eigenvalue weighted by Gasteiger charge is 2.24. The second kappa shape index (κ2) is 8.55. The first-order chi connectivity index (χ1) is 10.2. The van der Waals surface area contributed by atoms with Gasteiger partial charge >= 0.3 is 0 Å². The average Bonchev–Trinajstić information content (AvgIpc) is 2.51. The van der Waals surface area contributed by atoms with Gasteiger partial charge in [-0.15, -0.1) is 0 Å². The van der Waals surface area contributed by atoms with Crippen LogP contribution in [-0.2, 0) is 4.74 Å². The van der Waals surface area contributed by atoms with Gasteiger partial charge in [-0.25, -0.2) is 0 Å². The second-order valence-electron chi connectivity index (χ2n) is 6.41. The molecule has 3 atom stereocenters. The van der Waals surface area contributed by atoms with Crippen molar-refractivity contribution in [3.8, 4) is 0 Å². The first-order valence-electron chi connectivity index (χ1n) is 8.65.